The molecule has 176 valence electrons. The van der Waals surface area contributed by atoms with E-state index in [0.717, 1.165) is 24.4 Å². The van der Waals surface area contributed by atoms with E-state index in [1.54, 1.807) is 6.07 Å². The number of rotatable bonds is 6. The van der Waals surface area contributed by atoms with Crippen molar-refractivity contribution in [2.75, 3.05) is 31.6 Å². The minimum Gasteiger partial charge on any atom is -0.379 e. The van der Waals surface area contributed by atoms with Gasteiger partial charge in [-0.3, -0.25) is 9.78 Å². The maximum Gasteiger partial charge on any atom is 0.278 e. The van der Waals surface area contributed by atoms with Gasteiger partial charge in [-0.15, -0.1) is 0 Å². The topological polar surface area (TPSA) is 88.1 Å². The zero-order valence-electron chi connectivity index (χ0n) is 21.4. The Balaban J connectivity index is 1.73. The number of nitrogens with one attached hydrogen (secondary N) is 2. The van der Waals surface area contributed by atoms with Crippen molar-refractivity contribution in [2.24, 2.45) is 0 Å². The van der Waals surface area contributed by atoms with Crippen molar-refractivity contribution in [3.8, 4) is 0 Å². The fourth-order valence-electron chi connectivity index (χ4n) is 4.88. The van der Waals surface area contributed by atoms with E-state index in [2.05, 4.69) is 51.6 Å². The van der Waals surface area contributed by atoms with Gasteiger partial charge in [0.05, 0.1) is 29.0 Å². The first-order valence-corrected chi connectivity index (χ1v) is 12.6. The Morgan fingerprint density at radius 3 is 2.29 bits per heavy atom. The Morgan fingerprint density at radius 2 is 1.66 bits per heavy atom. The van der Waals surface area contributed by atoms with Crippen LogP contribution in [0.4, 0.5) is 5.95 Å². The average molecular weight is 506 g/mol. The molecule has 1 saturated heterocycles. The smallest absolute Gasteiger partial charge is 0.278 e. The van der Waals surface area contributed by atoms with E-state index in [-0.39, 0.29) is 10.9 Å². The molecule has 0 radical (unpaired) electrons. The number of aromatic amines is 1. The second kappa shape index (κ2) is 9.32. The Bertz CT molecular complexity index is 1330. The molecular formula is C18H27B7Cl2N6O2. The molecule has 0 saturated carbocycles. The third kappa shape index (κ3) is 4.72. The zero-order valence-corrected chi connectivity index (χ0v) is 22.9. The summed E-state index contributed by atoms with van der Waals surface area (Å²) in [6.45, 7) is 3.09. The lowest BCUT2D eigenvalue weighted by molar-refractivity contribution is 0.0156. The molecule has 1 aliphatic heterocycles. The van der Waals surface area contributed by atoms with E-state index in [9.17, 15) is 4.79 Å². The molecule has 4 rings (SSSR count). The summed E-state index contributed by atoms with van der Waals surface area (Å²) >= 11 is 12.3. The summed E-state index contributed by atoms with van der Waals surface area (Å²) in [5, 5.41) is 2.98. The molecule has 0 unspecified atom stereocenters. The van der Waals surface area contributed by atoms with E-state index in [1.165, 1.54) is 0 Å². The van der Waals surface area contributed by atoms with Gasteiger partial charge in [0.2, 0.25) is 5.95 Å². The third-order valence-corrected chi connectivity index (χ3v) is 8.36. The molecule has 1 fully saturated rings. The standard InChI is InChI=1S/C18H27B7Cl2N6O2/c19-14-28-12-11(33(14)18(24,25)17(22,23)32-3-5-35-6-4-32)13(34)30-15(29-12)31-16(20,21)8-1-2-9(26)10(27)7-8/h1-2,7H,3-6,19-25H2,(H2,29,30,31,34). The summed E-state index contributed by atoms with van der Waals surface area (Å²) in [7, 11) is 14.6. The van der Waals surface area contributed by atoms with Crippen LogP contribution in [0.1, 0.15) is 5.56 Å². The van der Waals surface area contributed by atoms with Crippen molar-refractivity contribution in [1.29, 1.82) is 0 Å². The van der Waals surface area contributed by atoms with Crippen LogP contribution in [0.15, 0.2) is 23.0 Å². The number of imidazole rings is 1. The van der Waals surface area contributed by atoms with Gasteiger partial charge in [0.1, 0.15) is 47.1 Å². The number of fused-ring (bicyclic) bond motifs is 1. The van der Waals surface area contributed by atoms with Crippen LogP contribution >= 0.6 is 23.2 Å². The molecule has 3 aromatic rings. The molecule has 0 atom stereocenters. The Hall–Kier alpha value is -1.68. The van der Waals surface area contributed by atoms with Crippen molar-refractivity contribution < 1.29 is 4.74 Å². The minimum atomic E-state index is -0.576. The third-order valence-electron chi connectivity index (χ3n) is 7.62. The van der Waals surface area contributed by atoms with Crippen LogP contribution in [0.2, 0.25) is 10.0 Å². The molecule has 3 heterocycles. The summed E-state index contributed by atoms with van der Waals surface area (Å²) in [6.07, 6.45) is 0. The molecular weight excluding hydrogens is 479 g/mol. The van der Waals surface area contributed by atoms with Gasteiger partial charge < -0.3 is 19.5 Å². The number of benzene rings is 1. The number of nitrogens with zero attached hydrogens (tertiary/aromatic N) is 4. The summed E-state index contributed by atoms with van der Waals surface area (Å²) in [5.74, 6) is 0.341. The van der Waals surface area contributed by atoms with E-state index in [1.807, 2.05) is 40.2 Å². The lowest BCUT2D eigenvalue weighted by Gasteiger charge is -2.53. The highest BCUT2D eigenvalue weighted by Crippen LogP contribution is 2.29. The number of hydrogen-bond acceptors (Lipinski definition) is 6. The van der Waals surface area contributed by atoms with E-state index >= 15 is 0 Å². The molecule has 0 aliphatic carbocycles. The summed E-state index contributed by atoms with van der Waals surface area (Å²) in [5.41, 5.74) is 2.28. The largest absolute Gasteiger partial charge is 0.379 e. The molecule has 0 amide bonds. The molecule has 8 nitrogen and oxygen atoms in total. The zero-order chi connectivity index (χ0) is 25.8. The van der Waals surface area contributed by atoms with Gasteiger partial charge in [0, 0.05) is 18.4 Å². The number of aromatic nitrogens is 4. The monoisotopic (exact) mass is 506 g/mol. The van der Waals surface area contributed by atoms with Gasteiger partial charge in [-0.05, 0) is 28.4 Å². The highest BCUT2D eigenvalue weighted by molar-refractivity contribution is 6.53. The maximum atomic E-state index is 13.4. The minimum absolute atomic E-state index is 0.242. The first-order chi connectivity index (χ1) is 16.3. The highest BCUT2D eigenvalue weighted by Gasteiger charge is 2.44. The van der Waals surface area contributed by atoms with Gasteiger partial charge in [-0.2, -0.15) is 4.98 Å². The SMILES string of the molecule is Bc1nc2nc(NC(B)(B)c3ccc(Cl)c(Cl)c3)[nH]c(=O)c2n1C(B)(B)C(B)(B)N1CCOCC1. The molecule has 2 N–H and O–H groups in total. The number of H-pyrrole nitrogens is 1. The number of halogens is 2. The predicted molar refractivity (Wildman–Crippen MR) is 162 cm³/mol. The van der Waals surface area contributed by atoms with Gasteiger partial charge >= 0.3 is 0 Å². The van der Waals surface area contributed by atoms with Crippen LogP contribution in [0.25, 0.3) is 11.2 Å². The van der Waals surface area contributed by atoms with Crippen LogP contribution in [0.5, 0.6) is 0 Å². The highest BCUT2D eigenvalue weighted by atomic mass is 35.5. The fraction of sp³-hybridized carbons (Fsp3) is 0.389. The lowest BCUT2D eigenvalue weighted by atomic mass is 9.37. The molecule has 1 aromatic carbocycles. The van der Waals surface area contributed by atoms with Crippen LogP contribution in [0.3, 0.4) is 0 Å². The van der Waals surface area contributed by atoms with E-state index in [4.69, 9.17) is 32.9 Å². The van der Waals surface area contributed by atoms with Gasteiger partial charge in [0.15, 0.2) is 19.0 Å². The molecule has 0 spiro atoms. The average Bonchev–Trinajstić information content (AvgIpc) is 3.12. The Labute approximate surface area is 221 Å². The quantitative estimate of drug-likeness (QED) is 0.325. The Kier molecular flexibility index (Phi) is 7.03. The van der Waals surface area contributed by atoms with E-state index in [0.29, 0.717) is 40.4 Å². The first kappa shape index (κ1) is 26.4. The Morgan fingerprint density at radius 1 is 1.00 bits per heavy atom. The van der Waals surface area contributed by atoms with E-state index < -0.39 is 10.7 Å². The van der Waals surface area contributed by atoms with Crippen molar-refractivity contribution in [3.63, 3.8) is 0 Å². The van der Waals surface area contributed by atoms with Gasteiger partial charge in [-0.25, -0.2) is 4.98 Å². The first-order valence-electron chi connectivity index (χ1n) is 11.8. The summed E-state index contributed by atoms with van der Waals surface area (Å²) in [4.78, 5) is 28.2. The van der Waals surface area contributed by atoms with Crippen molar-refractivity contribution in [3.05, 3.63) is 44.2 Å². The normalized spacial score (nSPS) is 15.9. The molecule has 35 heavy (non-hydrogen) atoms. The maximum absolute atomic E-state index is 13.4. The number of morpholine rings is 1. The fourth-order valence-corrected chi connectivity index (χ4v) is 5.18. The summed E-state index contributed by atoms with van der Waals surface area (Å²) < 4.78 is 7.59. The predicted octanol–water partition coefficient (Wildman–Crippen LogP) is -5.70. The lowest BCUT2D eigenvalue weighted by Crippen LogP contribution is -2.70. The van der Waals surface area contributed by atoms with Crippen molar-refractivity contribution >= 4 is 101 Å². The van der Waals surface area contributed by atoms with Gasteiger partial charge in [0.25, 0.3) is 5.56 Å². The van der Waals surface area contributed by atoms with Crippen molar-refractivity contribution in [2.45, 2.75) is 16.0 Å². The van der Waals surface area contributed by atoms with Crippen LogP contribution < -0.4 is 16.6 Å². The molecule has 1 aliphatic rings. The number of anilines is 1. The molecule has 17 heteroatoms. The van der Waals surface area contributed by atoms with Crippen molar-refractivity contribution in [1.82, 2.24) is 24.4 Å². The molecule has 2 aromatic heterocycles. The number of hydrogen-bond donors (Lipinski definition) is 2. The van der Waals surface area contributed by atoms with Gasteiger partial charge in [-0.1, -0.05) is 29.3 Å². The van der Waals surface area contributed by atoms with Crippen LogP contribution in [-0.2, 0) is 15.4 Å². The van der Waals surface area contributed by atoms with Crippen LogP contribution in [-0.4, -0.2) is 111 Å². The molecule has 0 bridgehead atoms. The summed E-state index contributed by atoms with van der Waals surface area (Å²) in [6, 6.07) is 5.46. The second-order valence-electron chi connectivity index (χ2n) is 10.7. The van der Waals surface area contributed by atoms with Crippen LogP contribution in [0, 0.1) is 0 Å². The number of ether oxygens (including phenoxy) is 1. The second-order valence-corrected chi connectivity index (χ2v) is 11.5.